The molecule has 1 saturated heterocycles. The van der Waals surface area contributed by atoms with Crippen molar-refractivity contribution in [3.63, 3.8) is 0 Å². The van der Waals surface area contributed by atoms with E-state index < -0.39 is 6.10 Å². The van der Waals surface area contributed by atoms with E-state index in [2.05, 4.69) is 38.9 Å². The maximum absolute atomic E-state index is 10.2. The minimum atomic E-state index is -0.444. The molecular weight excluding hydrogens is 340 g/mol. The number of hydrogen-bond acceptors (Lipinski definition) is 6. The van der Waals surface area contributed by atoms with Gasteiger partial charge in [-0.1, -0.05) is 18.6 Å². The van der Waals surface area contributed by atoms with Crippen molar-refractivity contribution >= 4 is 0 Å². The molecule has 0 radical (unpaired) electrons. The summed E-state index contributed by atoms with van der Waals surface area (Å²) in [5.41, 5.74) is 2.17. The van der Waals surface area contributed by atoms with Gasteiger partial charge in [0.1, 0.15) is 18.5 Å². The number of nitrogens with zero attached hydrogens (tertiary/aromatic N) is 4. The van der Waals surface area contributed by atoms with Gasteiger partial charge in [0.2, 0.25) is 0 Å². The summed E-state index contributed by atoms with van der Waals surface area (Å²) in [6.45, 7) is 4.80. The quantitative estimate of drug-likeness (QED) is 0.731. The van der Waals surface area contributed by atoms with Crippen molar-refractivity contribution in [2.45, 2.75) is 38.5 Å². The third-order valence-corrected chi connectivity index (χ3v) is 4.78. The normalized spacial score (nSPS) is 16.4. The molecule has 27 heavy (non-hydrogen) atoms. The van der Waals surface area contributed by atoms with E-state index in [0.29, 0.717) is 13.2 Å². The Labute approximate surface area is 161 Å². The lowest BCUT2D eigenvalue weighted by Crippen LogP contribution is -2.38. The number of benzene rings is 1. The summed E-state index contributed by atoms with van der Waals surface area (Å²) < 4.78 is 5.76. The summed E-state index contributed by atoms with van der Waals surface area (Å²) in [4.78, 5) is 12.9. The molecule has 1 fully saturated rings. The van der Waals surface area contributed by atoms with Crippen LogP contribution in [0.2, 0.25) is 0 Å². The topological polar surface area (TPSA) is 61.7 Å². The first-order chi connectivity index (χ1) is 13.2. The minimum absolute atomic E-state index is 0.336. The Bertz CT molecular complexity index is 660. The van der Waals surface area contributed by atoms with Gasteiger partial charge in [0, 0.05) is 38.2 Å². The zero-order valence-corrected chi connectivity index (χ0v) is 16.1. The van der Waals surface area contributed by atoms with Gasteiger partial charge < -0.3 is 14.7 Å². The fourth-order valence-corrected chi connectivity index (χ4v) is 3.43. The SMILES string of the molecule is CN(Cc1ccc(OCC(O)CN2CCCCC2)cc1)Cc1cnccn1. The van der Waals surface area contributed by atoms with Crippen LogP contribution < -0.4 is 4.74 Å². The molecule has 1 atom stereocenters. The highest BCUT2D eigenvalue weighted by Gasteiger charge is 2.15. The molecule has 0 bridgehead atoms. The maximum Gasteiger partial charge on any atom is 0.119 e. The van der Waals surface area contributed by atoms with Gasteiger partial charge >= 0.3 is 0 Å². The zero-order valence-electron chi connectivity index (χ0n) is 16.1. The predicted molar refractivity (Wildman–Crippen MR) is 105 cm³/mol. The van der Waals surface area contributed by atoms with E-state index in [9.17, 15) is 5.11 Å². The number of rotatable bonds is 9. The molecular formula is C21H30N4O2. The zero-order chi connectivity index (χ0) is 18.9. The lowest BCUT2D eigenvalue weighted by atomic mass is 10.1. The van der Waals surface area contributed by atoms with E-state index in [0.717, 1.165) is 37.6 Å². The number of piperidine rings is 1. The van der Waals surface area contributed by atoms with E-state index in [4.69, 9.17) is 4.74 Å². The molecule has 0 amide bonds. The third kappa shape index (κ3) is 6.90. The number of likely N-dealkylation sites (tertiary alicyclic amines) is 1. The molecule has 6 nitrogen and oxygen atoms in total. The van der Waals surface area contributed by atoms with Gasteiger partial charge in [-0.05, 0) is 50.7 Å². The second-order valence-corrected chi connectivity index (χ2v) is 7.34. The van der Waals surface area contributed by atoms with Crippen molar-refractivity contribution < 1.29 is 9.84 Å². The molecule has 1 aromatic heterocycles. The standard InChI is InChI=1S/C21H30N4O2/c1-24(15-19-13-22-9-10-23-19)14-18-5-7-21(8-6-18)27-17-20(26)16-25-11-3-2-4-12-25/h5-10,13,20,26H,2-4,11-12,14-17H2,1H3. The van der Waals surface area contributed by atoms with E-state index >= 15 is 0 Å². The van der Waals surface area contributed by atoms with Crippen molar-refractivity contribution in [2.24, 2.45) is 0 Å². The van der Waals surface area contributed by atoms with E-state index in [1.165, 1.54) is 24.8 Å². The highest BCUT2D eigenvalue weighted by molar-refractivity contribution is 5.27. The maximum atomic E-state index is 10.2. The molecule has 3 rings (SSSR count). The van der Waals surface area contributed by atoms with Crippen LogP contribution in [0, 0.1) is 0 Å². The highest BCUT2D eigenvalue weighted by atomic mass is 16.5. The number of aliphatic hydroxyl groups excluding tert-OH is 1. The second-order valence-electron chi connectivity index (χ2n) is 7.34. The lowest BCUT2D eigenvalue weighted by Gasteiger charge is -2.28. The predicted octanol–water partition coefficient (Wildman–Crippen LogP) is 2.33. The first kappa shape index (κ1) is 19.7. The van der Waals surface area contributed by atoms with Crippen LogP contribution >= 0.6 is 0 Å². The second kappa shape index (κ2) is 10.3. The number of aliphatic hydroxyl groups is 1. The van der Waals surface area contributed by atoms with E-state index in [1.54, 1.807) is 18.6 Å². The summed E-state index contributed by atoms with van der Waals surface area (Å²) in [5, 5.41) is 10.2. The molecule has 1 N–H and O–H groups in total. The molecule has 1 aromatic carbocycles. The Kier molecular flexibility index (Phi) is 7.56. The first-order valence-corrected chi connectivity index (χ1v) is 9.74. The van der Waals surface area contributed by atoms with Crippen LogP contribution in [0.1, 0.15) is 30.5 Å². The van der Waals surface area contributed by atoms with Gasteiger partial charge in [0.15, 0.2) is 0 Å². The Morgan fingerprint density at radius 1 is 1.11 bits per heavy atom. The molecule has 1 unspecified atom stereocenters. The van der Waals surface area contributed by atoms with Gasteiger partial charge in [0.25, 0.3) is 0 Å². The summed E-state index contributed by atoms with van der Waals surface area (Å²) in [6, 6.07) is 8.08. The molecule has 0 spiro atoms. The molecule has 2 heterocycles. The van der Waals surface area contributed by atoms with Crippen molar-refractivity contribution in [1.29, 1.82) is 0 Å². The molecule has 1 aliphatic heterocycles. The lowest BCUT2D eigenvalue weighted by molar-refractivity contribution is 0.0617. The summed E-state index contributed by atoms with van der Waals surface area (Å²) in [7, 11) is 2.07. The van der Waals surface area contributed by atoms with Gasteiger partial charge in [-0.3, -0.25) is 14.9 Å². The smallest absolute Gasteiger partial charge is 0.119 e. The van der Waals surface area contributed by atoms with Crippen molar-refractivity contribution in [3.05, 3.63) is 54.1 Å². The Balaban J connectivity index is 1.40. The summed E-state index contributed by atoms with van der Waals surface area (Å²) >= 11 is 0. The number of hydrogen-bond donors (Lipinski definition) is 1. The third-order valence-electron chi connectivity index (χ3n) is 4.78. The molecule has 1 aliphatic rings. The van der Waals surface area contributed by atoms with Crippen LogP contribution in [-0.2, 0) is 13.1 Å². The molecule has 0 aliphatic carbocycles. The largest absolute Gasteiger partial charge is 0.491 e. The van der Waals surface area contributed by atoms with Crippen LogP contribution in [0.3, 0.4) is 0 Å². The molecule has 6 heteroatoms. The minimum Gasteiger partial charge on any atom is -0.491 e. The van der Waals surface area contributed by atoms with Crippen LogP contribution in [0.4, 0.5) is 0 Å². The molecule has 146 valence electrons. The van der Waals surface area contributed by atoms with Crippen LogP contribution in [-0.4, -0.2) is 64.3 Å². The number of ether oxygens (including phenoxy) is 1. The van der Waals surface area contributed by atoms with Crippen LogP contribution in [0.25, 0.3) is 0 Å². The Morgan fingerprint density at radius 3 is 2.59 bits per heavy atom. The van der Waals surface area contributed by atoms with Crippen LogP contribution in [0.5, 0.6) is 5.75 Å². The summed E-state index contributed by atoms with van der Waals surface area (Å²) in [6.07, 6.45) is 8.54. The molecule has 2 aromatic rings. The average Bonchev–Trinajstić information content (AvgIpc) is 2.69. The van der Waals surface area contributed by atoms with Gasteiger partial charge in [0.05, 0.1) is 5.69 Å². The van der Waals surface area contributed by atoms with Gasteiger partial charge in [-0.15, -0.1) is 0 Å². The van der Waals surface area contributed by atoms with Crippen LogP contribution in [0.15, 0.2) is 42.9 Å². The summed E-state index contributed by atoms with van der Waals surface area (Å²) in [5.74, 6) is 0.799. The number of β-amino-alcohol motifs (C(OH)–C–C–N with tert-alkyl or cyclic N) is 1. The van der Waals surface area contributed by atoms with Crippen molar-refractivity contribution in [2.75, 3.05) is 33.3 Å². The monoisotopic (exact) mass is 370 g/mol. The van der Waals surface area contributed by atoms with E-state index in [-0.39, 0.29) is 0 Å². The fraction of sp³-hybridized carbons (Fsp3) is 0.524. The molecule has 0 saturated carbocycles. The Morgan fingerprint density at radius 2 is 1.89 bits per heavy atom. The number of aromatic nitrogens is 2. The average molecular weight is 370 g/mol. The highest BCUT2D eigenvalue weighted by Crippen LogP contribution is 2.15. The first-order valence-electron chi connectivity index (χ1n) is 9.74. The Hall–Kier alpha value is -2.02. The van der Waals surface area contributed by atoms with Crippen molar-refractivity contribution in [1.82, 2.24) is 19.8 Å². The van der Waals surface area contributed by atoms with Crippen molar-refractivity contribution in [3.8, 4) is 5.75 Å². The van der Waals surface area contributed by atoms with Gasteiger partial charge in [-0.25, -0.2) is 0 Å². The van der Waals surface area contributed by atoms with E-state index in [1.807, 2.05) is 12.1 Å². The van der Waals surface area contributed by atoms with Gasteiger partial charge in [-0.2, -0.15) is 0 Å². The fourth-order valence-electron chi connectivity index (χ4n) is 3.43.